The molecule has 0 aromatic heterocycles. The molecule has 0 bridgehead atoms. The molecule has 5 nitrogen and oxygen atoms in total. The van der Waals surface area contributed by atoms with Gasteiger partial charge in [-0.3, -0.25) is 9.63 Å². The van der Waals surface area contributed by atoms with Crippen LogP contribution >= 0.6 is 0 Å². The molecule has 2 atom stereocenters. The zero-order valence-corrected chi connectivity index (χ0v) is 16.9. The average molecular weight is 385 g/mol. The van der Waals surface area contributed by atoms with Gasteiger partial charge in [0.15, 0.2) is 0 Å². The maximum atomic E-state index is 12.0. The van der Waals surface area contributed by atoms with E-state index in [-0.39, 0.29) is 17.5 Å². The van der Waals surface area contributed by atoms with Crippen molar-refractivity contribution < 1.29 is 14.4 Å². The number of hydrogen-bond donors (Lipinski definition) is 0. The van der Waals surface area contributed by atoms with Crippen LogP contribution in [0.5, 0.6) is 0 Å². The molecule has 0 radical (unpaired) electrons. The van der Waals surface area contributed by atoms with Gasteiger partial charge in [0.25, 0.3) is 0 Å². The van der Waals surface area contributed by atoms with Crippen LogP contribution in [-0.4, -0.2) is 54.8 Å². The van der Waals surface area contributed by atoms with E-state index in [2.05, 4.69) is 41.2 Å². The van der Waals surface area contributed by atoms with Crippen LogP contribution in [0.25, 0.3) is 0 Å². The molecule has 5 rings (SSSR count). The summed E-state index contributed by atoms with van der Waals surface area (Å²) >= 11 is 0. The molecule has 0 N–H and O–H groups in total. The van der Waals surface area contributed by atoms with Gasteiger partial charge in [0.2, 0.25) is 0 Å². The van der Waals surface area contributed by atoms with Gasteiger partial charge in [-0.2, -0.15) is 5.06 Å². The Labute approximate surface area is 167 Å². The van der Waals surface area contributed by atoms with Crippen molar-refractivity contribution in [3.05, 3.63) is 35.4 Å². The summed E-state index contributed by atoms with van der Waals surface area (Å²) in [5, 5.41) is 2.14. The first-order valence-electron chi connectivity index (χ1n) is 11.1. The number of carbonyl (C=O) groups excluding carboxylic acids is 1. The molecule has 1 aromatic rings. The van der Waals surface area contributed by atoms with Crippen molar-refractivity contribution in [3.63, 3.8) is 0 Å². The first kappa shape index (κ1) is 18.6. The smallest absolute Gasteiger partial charge is 0.306 e. The number of fused-ring (bicyclic) bond motifs is 4. The first-order chi connectivity index (χ1) is 13.7. The van der Waals surface area contributed by atoms with Crippen LogP contribution < -0.4 is 0 Å². The summed E-state index contributed by atoms with van der Waals surface area (Å²) in [7, 11) is 0. The van der Waals surface area contributed by atoms with E-state index in [0.717, 1.165) is 26.1 Å². The third-order valence-electron chi connectivity index (χ3n) is 7.61. The highest BCUT2D eigenvalue weighted by Gasteiger charge is 2.50. The third-order valence-corrected chi connectivity index (χ3v) is 7.61. The van der Waals surface area contributed by atoms with Crippen molar-refractivity contribution in [2.24, 2.45) is 5.92 Å². The summed E-state index contributed by atoms with van der Waals surface area (Å²) in [6.07, 6.45) is 6.51. The van der Waals surface area contributed by atoms with Crippen LogP contribution in [0.15, 0.2) is 24.3 Å². The van der Waals surface area contributed by atoms with Gasteiger partial charge >= 0.3 is 5.97 Å². The summed E-state index contributed by atoms with van der Waals surface area (Å²) in [6, 6.07) is 9.45. The van der Waals surface area contributed by atoms with Crippen molar-refractivity contribution >= 4 is 5.97 Å². The molecule has 4 aliphatic rings. The van der Waals surface area contributed by atoms with E-state index in [1.54, 1.807) is 0 Å². The first-order valence-corrected chi connectivity index (χ1v) is 11.1. The van der Waals surface area contributed by atoms with Crippen LogP contribution in [0, 0.1) is 5.92 Å². The van der Waals surface area contributed by atoms with E-state index in [0.29, 0.717) is 18.4 Å². The number of hydroxylamine groups is 2. The van der Waals surface area contributed by atoms with Crippen LogP contribution in [0.3, 0.4) is 0 Å². The van der Waals surface area contributed by atoms with Gasteiger partial charge in [-0.15, -0.1) is 0 Å². The Morgan fingerprint density at radius 1 is 1.14 bits per heavy atom. The topological polar surface area (TPSA) is 42.0 Å². The Morgan fingerprint density at radius 3 is 2.64 bits per heavy atom. The number of piperidine rings is 2. The normalized spacial score (nSPS) is 30.8. The summed E-state index contributed by atoms with van der Waals surface area (Å²) in [4.78, 5) is 20.4. The molecule has 3 heterocycles. The number of hydrogen-bond acceptors (Lipinski definition) is 5. The van der Waals surface area contributed by atoms with Crippen molar-refractivity contribution in [1.29, 1.82) is 0 Å². The fraction of sp³-hybridized carbons (Fsp3) is 0.696. The van der Waals surface area contributed by atoms with E-state index >= 15 is 0 Å². The number of benzene rings is 1. The molecule has 1 aliphatic carbocycles. The second kappa shape index (κ2) is 7.43. The molecule has 1 aromatic carbocycles. The largest absolute Gasteiger partial charge is 0.457 e. The molecule has 0 amide bonds. The van der Waals surface area contributed by atoms with Crippen LogP contribution in [0.1, 0.15) is 62.7 Å². The average Bonchev–Trinajstić information content (AvgIpc) is 3.10. The Morgan fingerprint density at radius 2 is 1.89 bits per heavy atom. The van der Waals surface area contributed by atoms with E-state index in [1.807, 2.05) is 0 Å². The minimum atomic E-state index is -0.0136. The molecule has 28 heavy (non-hydrogen) atoms. The molecule has 1 spiro atoms. The van der Waals surface area contributed by atoms with Gasteiger partial charge in [0.05, 0.1) is 13.0 Å². The fourth-order valence-electron chi connectivity index (χ4n) is 6.25. The van der Waals surface area contributed by atoms with Crippen LogP contribution in [0.4, 0.5) is 0 Å². The van der Waals surface area contributed by atoms with Gasteiger partial charge in [-0.05, 0) is 68.7 Å². The van der Waals surface area contributed by atoms with E-state index in [4.69, 9.17) is 9.57 Å². The summed E-state index contributed by atoms with van der Waals surface area (Å²) in [5.41, 5.74) is 2.97. The number of ether oxygens (including phenoxy) is 1. The molecule has 3 fully saturated rings. The highest BCUT2D eigenvalue weighted by atomic mass is 16.7. The lowest BCUT2D eigenvalue weighted by Crippen LogP contribution is -2.52. The lowest BCUT2D eigenvalue weighted by atomic mass is 9.60. The lowest BCUT2D eigenvalue weighted by molar-refractivity contribution is -0.172. The monoisotopic (exact) mass is 384 g/mol. The minimum absolute atomic E-state index is 0.00440. The van der Waals surface area contributed by atoms with Crippen molar-refractivity contribution in [3.8, 4) is 0 Å². The number of esters is 1. The molecule has 3 saturated heterocycles. The Hall–Kier alpha value is -1.43. The van der Waals surface area contributed by atoms with Gasteiger partial charge in [-0.1, -0.05) is 24.3 Å². The molecule has 5 heteroatoms. The SMILES string of the molecule is CCON1CCC(N2CCC3(CC2)CC2CC(=O)OC2c2ccccc23)CC1. The van der Waals surface area contributed by atoms with Gasteiger partial charge < -0.3 is 9.64 Å². The highest BCUT2D eigenvalue weighted by molar-refractivity contribution is 5.73. The van der Waals surface area contributed by atoms with Crippen LogP contribution in [-0.2, 0) is 19.8 Å². The second-order valence-electron chi connectivity index (χ2n) is 9.06. The summed E-state index contributed by atoms with van der Waals surface area (Å²) in [6.45, 7) is 7.26. The zero-order valence-electron chi connectivity index (χ0n) is 16.9. The zero-order chi connectivity index (χ0) is 19.1. The maximum absolute atomic E-state index is 12.0. The van der Waals surface area contributed by atoms with Gasteiger partial charge in [0, 0.05) is 25.0 Å². The molecule has 3 aliphatic heterocycles. The van der Waals surface area contributed by atoms with E-state index in [9.17, 15) is 4.79 Å². The fourth-order valence-corrected chi connectivity index (χ4v) is 6.25. The molecule has 0 saturated carbocycles. The molecule has 152 valence electrons. The molecular formula is C23H32N2O3. The van der Waals surface area contributed by atoms with Gasteiger partial charge in [0.1, 0.15) is 6.10 Å². The summed E-state index contributed by atoms with van der Waals surface area (Å²) in [5.74, 6) is 0.351. The van der Waals surface area contributed by atoms with Crippen molar-refractivity contribution in [1.82, 2.24) is 9.96 Å². The predicted octanol–water partition coefficient (Wildman–Crippen LogP) is 3.44. The number of likely N-dealkylation sites (tertiary alicyclic amines) is 1. The Bertz CT molecular complexity index is 720. The highest BCUT2D eigenvalue weighted by Crippen LogP contribution is 2.54. The van der Waals surface area contributed by atoms with E-state index < -0.39 is 0 Å². The lowest BCUT2D eigenvalue weighted by Gasteiger charge is -2.50. The number of carbonyl (C=O) groups is 1. The van der Waals surface area contributed by atoms with Crippen LogP contribution in [0.2, 0.25) is 0 Å². The standard InChI is InChI=1S/C23H32N2O3/c1-2-27-25-11-7-18(8-12-25)24-13-9-23(10-14-24)16-17-15-21(26)28-22(17)19-5-3-4-6-20(19)23/h3-6,17-18,22H,2,7-16H2,1H3. The Balaban J connectivity index is 1.29. The van der Waals surface area contributed by atoms with Crippen molar-refractivity contribution in [2.45, 2.75) is 63.0 Å². The maximum Gasteiger partial charge on any atom is 0.306 e. The molecule has 2 unspecified atom stereocenters. The Kier molecular flexibility index (Phi) is 4.93. The van der Waals surface area contributed by atoms with Gasteiger partial charge in [-0.25, -0.2) is 0 Å². The summed E-state index contributed by atoms with van der Waals surface area (Å²) < 4.78 is 5.71. The third kappa shape index (κ3) is 3.17. The molecular weight excluding hydrogens is 352 g/mol. The predicted molar refractivity (Wildman–Crippen MR) is 107 cm³/mol. The minimum Gasteiger partial charge on any atom is -0.457 e. The number of rotatable bonds is 3. The number of nitrogens with zero attached hydrogens (tertiary/aromatic N) is 2. The van der Waals surface area contributed by atoms with E-state index in [1.165, 1.54) is 49.9 Å². The quantitative estimate of drug-likeness (QED) is 0.747. The second-order valence-corrected chi connectivity index (χ2v) is 9.06. The van der Waals surface area contributed by atoms with Crippen molar-refractivity contribution in [2.75, 3.05) is 32.8 Å².